The van der Waals surface area contributed by atoms with E-state index in [1.54, 1.807) is 0 Å². The lowest BCUT2D eigenvalue weighted by molar-refractivity contribution is -0.158. The molecule has 1 fully saturated rings. The maximum Gasteiger partial charge on any atom is 0.410 e. The highest BCUT2D eigenvalue weighted by atomic mass is 16.6. The minimum atomic E-state index is -1.43. The van der Waals surface area contributed by atoms with Crippen LogP contribution in [-0.4, -0.2) is 60.8 Å². The monoisotopic (exact) mass is 557 g/mol. The number of hydrogen-bond donors (Lipinski definition) is 1. The predicted molar refractivity (Wildman–Crippen MR) is 157 cm³/mol. The molecule has 1 N–H and O–H groups in total. The van der Waals surface area contributed by atoms with Gasteiger partial charge in [-0.25, -0.2) is 4.79 Å². The van der Waals surface area contributed by atoms with Gasteiger partial charge in [0.25, 0.3) is 0 Å². The molecule has 1 aliphatic heterocycles. The van der Waals surface area contributed by atoms with Crippen LogP contribution < -0.4 is 0 Å². The molecule has 0 spiro atoms. The SMILES string of the molecule is CC.COC(=O)[C@@](CO)(CC(=O)[C@@H]1CCCN1C(=O)OCC1c2ccccc2-c2ccccc21)Cc1ccccc1. The first-order chi connectivity index (χ1) is 20.0. The summed E-state index contributed by atoms with van der Waals surface area (Å²) in [6.45, 7) is 4.02. The number of hydrogen-bond acceptors (Lipinski definition) is 6. The zero-order valence-corrected chi connectivity index (χ0v) is 24.0. The molecule has 0 saturated carbocycles. The largest absolute Gasteiger partial charge is 0.469 e. The highest BCUT2D eigenvalue weighted by Gasteiger charge is 2.45. The quantitative estimate of drug-likeness (QED) is 0.335. The lowest BCUT2D eigenvalue weighted by Gasteiger charge is -2.31. The van der Waals surface area contributed by atoms with Crippen LogP contribution in [0, 0.1) is 5.41 Å². The third-order valence-electron chi connectivity index (χ3n) is 8.01. The van der Waals surface area contributed by atoms with Gasteiger partial charge in [-0.1, -0.05) is 92.7 Å². The molecule has 0 bridgehead atoms. The Balaban J connectivity index is 0.00000189. The topological polar surface area (TPSA) is 93.1 Å². The van der Waals surface area contributed by atoms with E-state index < -0.39 is 30.1 Å². The molecule has 5 rings (SSSR count). The molecule has 3 aromatic rings. The predicted octanol–water partition coefficient (Wildman–Crippen LogP) is 5.78. The van der Waals surface area contributed by atoms with Gasteiger partial charge in [-0.15, -0.1) is 0 Å². The van der Waals surface area contributed by atoms with Crippen molar-refractivity contribution in [1.82, 2.24) is 4.90 Å². The molecule has 1 heterocycles. The Morgan fingerprint density at radius 1 is 0.902 bits per heavy atom. The fourth-order valence-electron chi connectivity index (χ4n) is 6.03. The summed E-state index contributed by atoms with van der Waals surface area (Å²) in [6.07, 6.45) is 0.521. The fourth-order valence-corrected chi connectivity index (χ4v) is 6.03. The Labute approximate surface area is 242 Å². The number of methoxy groups -OCH3 is 1. The van der Waals surface area contributed by atoms with Gasteiger partial charge in [0.1, 0.15) is 12.0 Å². The Kier molecular flexibility index (Phi) is 9.95. The summed E-state index contributed by atoms with van der Waals surface area (Å²) in [5.74, 6) is -1.00. The van der Waals surface area contributed by atoms with E-state index in [4.69, 9.17) is 9.47 Å². The number of likely N-dealkylation sites (tertiary alicyclic amines) is 1. The van der Waals surface area contributed by atoms with Gasteiger partial charge in [-0.05, 0) is 47.1 Å². The van der Waals surface area contributed by atoms with Gasteiger partial charge in [0.15, 0.2) is 5.78 Å². The molecule has 0 radical (unpaired) electrons. The van der Waals surface area contributed by atoms with E-state index in [9.17, 15) is 19.5 Å². The van der Waals surface area contributed by atoms with Crippen LogP contribution in [0.3, 0.4) is 0 Å². The Bertz CT molecular complexity index is 1310. The van der Waals surface area contributed by atoms with Crippen molar-refractivity contribution >= 4 is 17.8 Å². The second-order valence-electron chi connectivity index (χ2n) is 10.4. The molecule has 7 heteroatoms. The molecule has 2 aliphatic rings. The molecule has 216 valence electrons. The number of ketones is 1. The molecule has 41 heavy (non-hydrogen) atoms. The number of carbonyl (C=O) groups is 3. The van der Waals surface area contributed by atoms with Crippen molar-refractivity contribution in [3.8, 4) is 11.1 Å². The molecule has 2 atom stereocenters. The minimum absolute atomic E-state index is 0.0784. The fraction of sp³-hybridized carbons (Fsp3) is 0.382. The summed E-state index contributed by atoms with van der Waals surface area (Å²) < 4.78 is 10.8. The van der Waals surface area contributed by atoms with Crippen LogP contribution in [0.15, 0.2) is 78.9 Å². The zero-order chi connectivity index (χ0) is 29.4. The third-order valence-corrected chi connectivity index (χ3v) is 8.01. The molecule has 1 amide bonds. The van der Waals surface area contributed by atoms with E-state index >= 15 is 0 Å². The van der Waals surface area contributed by atoms with Crippen LogP contribution in [0.4, 0.5) is 4.79 Å². The van der Waals surface area contributed by atoms with Crippen molar-refractivity contribution in [1.29, 1.82) is 0 Å². The first kappa shape index (κ1) is 30.0. The molecular weight excluding hydrogens is 518 g/mol. The van der Waals surface area contributed by atoms with Crippen LogP contribution in [0.25, 0.3) is 11.1 Å². The second kappa shape index (κ2) is 13.6. The summed E-state index contributed by atoms with van der Waals surface area (Å²) in [5, 5.41) is 10.3. The van der Waals surface area contributed by atoms with E-state index in [2.05, 4.69) is 24.3 Å². The summed E-state index contributed by atoms with van der Waals surface area (Å²) in [7, 11) is 1.25. The van der Waals surface area contributed by atoms with Crippen LogP contribution in [0.2, 0.25) is 0 Å². The van der Waals surface area contributed by atoms with Crippen molar-refractivity contribution in [2.24, 2.45) is 5.41 Å². The summed E-state index contributed by atoms with van der Waals surface area (Å²) in [4.78, 5) is 41.1. The Morgan fingerprint density at radius 3 is 2.07 bits per heavy atom. The Morgan fingerprint density at radius 2 is 1.49 bits per heavy atom. The highest BCUT2D eigenvalue weighted by molar-refractivity contribution is 5.92. The third kappa shape index (κ3) is 6.20. The number of aliphatic hydroxyl groups is 1. The second-order valence-corrected chi connectivity index (χ2v) is 10.4. The van der Waals surface area contributed by atoms with Crippen LogP contribution in [-0.2, 0) is 25.5 Å². The number of aliphatic hydroxyl groups excluding tert-OH is 1. The zero-order valence-electron chi connectivity index (χ0n) is 24.0. The lowest BCUT2D eigenvalue weighted by Crippen LogP contribution is -2.46. The van der Waals surface area contributed by atoms with Crippen molar-refractivity contribution in [3.05, 3.63) is 95.6 Å². The highest BCUT2D eigenvalue weighted by Crippen LogP contribution is 2.44. The van der Waals surface area contributed by atoms with Crippen molar-refractivity contribution in [2.75, 3.05) is 26.9 Å². The number of benzene rings is 3. The number of ether oxygens (including phenoxy) is 2. The van der Waals surface area contributed by atoms with E-state index in [1.165, 1.54) is 12.0 Å². The van der Waals surface area contributed by atoms with Gasteiger partial charge in [0.05, 0.1) is 19.8 Å². The molecule has 0 aromatic heterocycles. The number of Topliss-reactive ketones (excluding diaryl/α,β-unsaturated/α-hetero) is 1. The van der Waals surface area contributed by atoms with Gasteiger partial charge < -0.3 is 14.6 Å². The first-order valence-electron chi connectivity index (χ1n) is 14.3. The molecule has 0 unspecified atom stereocenters. The van der Waals surface area contributed by atoms with Crippen LogP contribution in [0.1, 0.15) is 55.7 Å². The number of rotatable bonds is 9. The van der Waals surface area contributed by atoms with Crippen molar-refractivity contribution in [2.45, 2.75) is 51.5 Å². The number of esters is 1. The number of nitrogens with zero attached hydrogens (tertiary/aromatic N) is 1. The molecular formula is C34H39NO6. The van der Waals surface area contributed by atoms with Gasteiger partial charge in [0, 0.05) is 18.9 Å². The van der Waals surface area contributed by atoms with Crippen molar-refractivity contribution in [3.63, 3.8) is 0 Å². The number of carbonyl (C=O) groups excluding carboxylic acids is 3. The lowest BCUT2D eigenvalue weighted by atomic mass is 9.76. The van der Waals surface area contributed by atoms with E-state index in [1.807, 2.05) is 68.4 Å². The van der Waals surface area contributed by atoms with E-state index in [-0.39, 0.29) is 31.1 Å². The van der Waals surface area contributed by atoms with Crippen molar-refractivity contribution < 1.29 is 29.0 Å². The summed E-state index contributed by atoms with van der Waals surface area (Å²) >= 11 is 0. The smallest absolute Gasteiger partial charge is 0.410 e. The van der Waals surface area contributed by atoms with E-state index in [0.717, 1.165) is 27.8 Å². The number of fused-ring (bicyclic) bond motifs is 3. The van der Waals surface area contributed by atoms with Crippen LogP contribution in [0.5, 0.6) is 0 Å². The molecule has 7 nitrogen and oxygen atoms in total. The number of amides is 1. The first-order valence-corrected chi connectivity index (χ1v) is 14.3. The standard InChI is InChI=1S/C32H33NO6.C2H6/c1-38-30(36)32(21-34,18-22-10-3-2-4-11-22)19-29(35)28-16-9-17-33(28)31(37)39-20-27-25-14-7-5-12-23(25)24-13-6-8-15-26(24)27;1-2/h2-8,10-15,27-28,34H,9,16-21H2,1H3;1-2H3/t28-,32+;/m0./s1. The maximum atomic E-state index is 13.6. The van der Waals surface area contributed by atoms with Gasteiger partial charge in [0.2, 0.25) is 0 Å². The molecule has 3 aromatic carbocycles. The van der Waals surface area contributed by atoms with Gasteiger partial charge in [-0.3, -0.25) is 14.5 Å². The van der Waals surface area contributed by atoms with Gasteiger partial charge in [-0.2, -0.15) is 0 Å². The van der Waals surface area contributed by atoms with E-state index in [0.29, 0.717) is 19.4 Å². The van der Waals surface area contributed by atoms with Gasteiger partial charge >= 0.3 is 12.1 Å². The molecule has 1 aliphatic carbocycles. The average Bonchev–Trinajstić information content (AvgIpc) is 3.64. The maximum absolute atomic E-state index is 13.6. The normalized spacial score (nSPS) is 17.0. The minimum Gasteiger partial charge on any atom is -0.469 e. The molecule has 1 saturated heterocycles. The average molecular weight is 558 g/mol. The summed E-state index contributed by atoms with van der Waals surface area (Å²) in [5.41, 5.74) is 3.90. The van der Waals surface area contributed by atoms with Crippen LogP contribution >= 0.6 is 0 Å². The summed E-state index contributed by atoms with van der Waals surface area (Å²) in [6, 6.07) is 24.8. The Hall–Kier alpha value is -3.97.